The van der Waals surface area contributed by atoms with Gasteiger partial charge in [0.25, 0.3) is 0 Å². The number of rotatable bonds is 2. The van der Waals surface area contributed by atoms with Gasteiger partial charge < -0.3 is 0 Å². The highest BCUT2D eigenvalue weighted by molar-refractivity contribution is 7.09. The van der Waals surface area contributed by atoms with Gasteiger partial charge in [0.15, 0.2) is 5.01 Å². The number of nitrogens with zero attached hydrogens (tertiary/aromatic N) is 4. The summed E-state index contributed by atoms with van der Waals surface area (Å²) < 4.78 is 5.93. The number of aromatic nitrogens is 4. The minimum Gasteiger partial charge on any atom is -0.298 e. The zero-order valence-electron chi connectivity index (χ0n) is 9.91. The Bertz CT molecular complexity index is 744. The summed E-state index contributed by atoms with van der Waals surface area (Å²) in [6.45, 7) is 1.86. The van der Waals surface area contributed by atoms with Crippen LogP contribution < -0.4 is 0 Å². The van der Waals surface area contributed by atoms with E-state index in [0.29, 0.717) is 5.56 Å². The number of carbonyl (C=O) groups excluding carboxylic acids is 1. The normalized spacial score (nSPS) is 11.0. The van der Waals surface area contributed by atoms with Crippen molar-refractivity contribution in [1.29, 1.82) is 0 Å². The number of benzene rings is 1. The Balaban J connectivity index is 2.28. The maximum Gasteiger partial charge on any atom is 0.164 e. The molecular formula is C12H10N4OS. The van der Waals surface area contributed by atoms with E-state index in [1.807, 2.05) is 26.1 Å². The summed E-state index contributed by atoms with van der Waals surface area (Å²) in [5, 5.41) is 6.25. The Labute approximate surface area is 107 Å². The summed E-state index contributed by atoms with van der Waals surface area (Å²) in [5.41, 5.74) is 2.38. The second-order valence-electron chi connectivity index (χ2n) is 4.01. The fourth-order valence-electron chi connectivity index (χ4n) is 1.90. The van der Waals surface area contributed by atoms with E-state index in [0.717, 1.165) is 33.7 Å². The van der Waals surface area contributed by atoms with Gasteiger partial charge in [-0.25, -0.2) is 4.98 Å². The van der Waals surface area contributed by atoms with Crippen LogP contribution in [0.5, 0.6) is 0 Å². The first-order valence-electron chi connectivity index (χ1n) is 5.41. The van der Waals surface area contributed by atoms with Crippen LogP contribution in [0.15, 0.2) is 18.2 Å². The van der Waals surface area contributed by atoms with Crippen molar-refractivity contribution in [3.63, 3.8) is 0 Å². The van der Waals surface area contributed by atoms with Crippen LogP contribution in [0.1, 0.15) is 16.2 Å². The summed E-state index contributed by atoms with van der Waals surface area (Å²) in [7, 11) is 1.86. The molecule has 3 aromatic rings. The predicted molar refractivity (Wildman–Crippen MR) is 69.7 cm³/mol. The Morgan fingerprint density at radius 1 is 1.39 bits per heavy atom. The van der Waals surface area contributed by atoms with Crippen LogP contribution in [0.25, 0.3) is 21.6 Å². The lowest BCUT2D eigenvalue weighted by Gasteiger charge is -1.94. The van der Waals surface area contributed by atoms with Gasteiger partial charge in [0, 0.05) is 18.0 Å². The lowest BCUT2D eigenvalue weighted by atomic mass is 10.1. The molecule has 0 fully saturated rings. The Kier molecular flexibility index (Phi) is 2.45. The summed E-state index contributed by atoms with van der Waals surface area (Å²) in [5.74, 6) is 0.748. The molecule has 0 aliphatic heterocycles. The highest BCUT2D eigenvalue weighted by Crippen LogP contribution is 2.28. The molecule has 0 spiro atoms. The molecule has 5 nitrogen and oxygen atoms in total. The molecular weight excluding hydrogens is 248 g/mol. The lowest BCUT2D eigenvalue weighted by Crippen LogP contribution is -1.90. The van der Waals surface area contributed by atoms with Crippen molar-refractivity contribution in [3.05, 3.63) is 29.6 Å². The van der Waals surface area contributed by atoms with E-state index in [4.69, 9.17) is 0 Å². The maximum absolute atomic E-state index is 10.8. The number of fused-ring (bicyclic) bond motifs is 1. The Hall–Kier alpha value is -2.08. The van der Waals surface area contributed by atoms with E-state index < -0.39 is 0 Å². The van der Waals surface area contributed by atoms with Crippen molar-refractivity contribution >= 4 is 28.7 Å². The second kappa shape index (κ2) is 3.99. The van der Waals surface area contributed by atoms with E-state index >= 15 is 0 Å². The molecule has 2 aromatic heterocycles. The molecule has 0 amide bonds. The highest BCUT2D eigenvalue weighted by Gasteiger charge is 2.14. The number of aryl methyl sites for hydroxylation is 2. The summed E-state index contributed by atoms with van der Waals surface area (Å²) in [6, 6.07) is 5.51. The van der Waals surface area contributed by atoms with Gasteiger partial charge in [-0.3, -0.25) is 9.48 Å². The minimum absolute atomic E-state index is 0.644. The molecule has 6 heteroatoms. The third-order valence-corrected chi connectivity index (χ3v) is 3.55. The van der Waals surface area contributed by atoms with Gasteiger partial charge in [0.05, 0.1) is 5.52 Å². The van der Waals surface area contributed by atoms with Gasteiger partial charge in [0.1, 0.15) is 17.8 Å². The minimum atomic E-state index is 0.644. The SMILES string of the molecule is Cc1nsc(-c2nn(C)c3cc(C=O)ccc23)n1. The van der Waals surface area contributed by atoms with E-state index in [1.54, 1.807) is 10.7 Å². The molecule has 3 rings (SSSR count). The summed E-state index contributed by atoms with van der Waals surface area (Å²) >= 11 is 1.33. The molecule has 0 bridgehead atoms. The van der Waals surface area contributed by atoms with Crippen molar-refractivity contribution in [3.8, 4) is 10.7 Å². The summed E-state index contributed by atoms with van der Waals surface area (Å²) in [6.07, 6.45) is 0.835. The lowest BCUT2D eigenvalue weighted by molar-refractivity contribution is 0.112. The van der Waals surface area contributed by atoms with Gasteiger partial charge >= 0.3 is 0 Å². The van der Waals surface area contributed by atoms with Crippen LogP contribution in [0.2, 0.25) is 0 Å². The van der Waals surface area contributed by atoms with Crippen molar-refractivity contribution < 1.29 is 4.79 Å². The first-order chi connectivity index (χ1) is 8.69. The molecule has 0 radical (unpaired) electrons. The maximum atomic E-state index is 10.8. The van der Waals surface area contributed by atoms with Crippen LogP contribution in [-0.2, 0) is 7.05 Å². The molecule has 1 aromatic carbocycles. The van der Waals surface area contributed by atoms with E-state index in [-0.39, 0.29) is 0 Å². The van der Waals surface area contributed by atoms with Crippen LogP contribution >= 0.6 is 11.5 Å². The van der Waals surface area contributed by atoms with Gasteiger partial charge in [-0.15, -0.1) is 0 Å². The molecule has 0 saturated carbocycles. The molecule has 0 saturated heterocycles. The quantitative estimate of drug-likeness (QED) is 0.661. The molecule has 0 unspecified atom stereocenters. The predicted octanol–water partition coefficient (Wildman–Crippen LogP) is 2.21. The number of aldehydes is 1. The Morgan fingerprint density at radius 3 is 2.89 bits per heavy atom. The molecule has 2 heterocycles. The fourth-order valence-corrected chi connectivity index (χ4v) is 2.57. The smallest absolute Gasteiger partial charge is 0.164 e. The number of hydrogen-bond acceptors (Lipinski definition) is 5. The van der Waals surface area contributed by atoms with Crippen molar-refractivity contribution in [2.45, 2.75) is 6.92 Å². The largest absolute Gasteiger partial charge is 0.298 e. The van der Waals surface area contributed by atoms with Crippen molar-refractivity contribution in [2.24, 2.45) is 7.05 Å². The van der Waals surface area contributed by atoms with Crippen LogP contribution in [0, 0.1) is 6.92 Å². The van der Waals surface area contributed by atoms with E-state index in [1.165, 1.54) is 11.5 Å². The zero-order chi connectivity index (χ0) is 12.7. The number of carbonyl (C=O) groups is 1. The first kappa shape index (κ1) is 11.0. The summed E-state index contributed by atoms with van der Waals surface area (Å²) in [4.78, 5) is 15.1. The van der Waals surface area contributed by atoms with Crippen molar-refractivity contribution in [2.75, 3.05) is 0 Å². The van der Waals surface area contributed by atoms with Crippen LogP contribution in [0.3, 0.4) is 0 Å². The third-order valence-electron chi connectivity index (χ3n) is 2.74. The van der Waals surface area contributed by atoms with E-state index in [2.05, 4.69) is 14.5 Å². The van der Waals surface area contributed by atoms with Gasteiger partial charge in [-0.05, 0) is 30.6 Å². The topological polar surface area (TPSA) is 60.7 Å². The average Bonchev–Trinajstić information content (AvgIpc) is 2.94. The van der Waals surface area contributed by atoms with Crippen LogP contribution in [0.4, 0.5) is 0 Å². The van der Waals surface area contributed by atoms with Gasteiger partial charge in [-0.1, -0.05) is 6.07 Å². The molecule has 0 aliphatic rings. The monoisotopic (exact) mass is 258 g/mol. The number of hydrogen-bond donors (Lipinski definition) is 0. The van der Waals surface area contributed by atoms with Gasteiger partial charge in [0.2, 0.25) is 0 Å². The van der Waals surface area contributed by atoms with Gasteiger partial charge in [-0.2, -0.15) is 9.47 Å². The van der Waals surface area contributed by atoms with Crippen LogP contribution in [-0.4, -0.2) is 25.4 Å². The molecule has 0 aliphatic carbocycles. The molecule has 0 atom stereocenters. The Morgan fingerprint density at radius 2 is 2.22 bits per heavy atom. The van der Waals surface area contributed by atoms with E-state index in [9.17, 15) is 4.79 Å². The zero-order valence-corrected chi connectivity index (χ0v) is 10.7. The average molecular weight is 258 g/mol. The first-order valence-corrected chi connectivity index (χ1v) is 6.19. The molecule has 90 valence electrons. The molecule has 0 N–H and O–H groups in total. The third kappa shape index (κ3) is 1.62. The fraction of sp³-hybridized carbons (Fsp3) is 0.167. The highest BCUT2D eigenvalue weighted by atomic mass is 32.1. The standard InChI is InChI=1S/C12H10N4OS/c1-7-13-12(18-15-7)11-9-4-3-8(6-17)5-10(9)16(2)14-11/h3-6H,1-2H3. The van der Waals surface area contributed by atoms with Crippen molar-refractivity contribution in [1.82, 2.24) is 19.1 Å². The molecule has 18 heavy (non-hydrogen) atoms. The second-order valence-corrected chi connectivity index (χ2v) is 4.77.